The molecule has 0 radical (unpaired) electrons. The Hall–Kier alpha value is 0. The van der Waals surface area contributed by atoms with Gasteiger partial charge in [-0.05, 0) is 36.0 Å². The van der Waals surface area contributed by atoms with Crippen LogP contribution in [0.15, 0.2) is 0 Å². The van der Waals surface area contributed by atoms with Gasteiger partial charge < -0.3 is 0 Å². The molecule has 92 valence electrons. The van der Waals surface area contributed by atoms with Gasteiger partial charge in [0.15, 0.2) is 0 Å². The van der Waals surface area contributed by atoms with Crippen LogP contribution in [0.1, 0.15) is 74.1 Å². The molecular formula is C15H32. The summed E-state index contributed by atoms with van der Waals surface area (Å²) in [6.45, 7) is 16.7. The summed E-state index contributed by atoms with van der Waals surface area (Å²) in [6.07, 6.45) is 5.47. The molecule has 0 heteroatoms. The van der Waals surface area contributed by atoms with Crippen molar-refractivity contribution in [2.75, 3.05) is 0 Å². The van der Waals surface area contributed by atoms with Crippen molar-refractivity contribution in [3.8, 4) is 0 Å². The fraction of sp³-hybridized carbons (Fsp3) is 1.00. The predicted octanol–water partition coefficient (Wildman–Crippen LogP) is 5.52. The summed E-state index contributed by atoms with van der Waals surface area (Å²) < 4.78 is 0. The zero-order chi connectivity index (χ0) is 12.1. The first kappa shape index (κ1) is 15.0. The molecule has 0 aromatic heterocycles. The van der Waals surface area contributed by atoms with Crippen molar-refractivity contribution < 1.29 is 0 Å². The minimum atomic E-state index is 0.554. The molecule has 0 amide bonds. The second-order valence-electron chi connectivity index (χ2n) is 6.54. The van der Waals surface area contributed by atoms with E-state index in [2.05, 4.69) is 48.5 Å². The minimum absolute atomic E-state index is 0.554. The highest BCUT2D eigenvalue weighted by Gasteiger charge is 2.31. The maximum atomic E-state index is 2.51. The third-order valence-electron chi connectivity index (χ3n) is 3.66. The van der Waals surface area contributed by atoms with E-state index in [9.17, 15) is 0 Å². The monoisotopic (exact) mass is 212 g/mol. The first-order chi connectivity index (χ1) is 6.81. The van der Waals surface area contributed by atoms with E-state index in [-0.39, 0.29) is 0 Å². The van der Waals surface area contributed by atoms with E-state index >= 15 is 0 Å². The van der Waals surface area contributed by atoms with Gasteiger partial charge in [0.2, 0.25) is 0 Å². The van der Waals surface area contributed by atoms with Crippen LogP contribution in [-0.4, -0.2) is 0 Å². The number of rotatable bonds is 7. The molecule has 0 rings (SSSR count). The van der Waals surface area contributed by atoms with Gasteiger partial charge in [-0.15, -0.1) is 0 Å². The Balaban J connectivity index is 4.52. The molecule has 0 N–H and O–H groups in total. The Bertz CT molecular complexity index is 145. The van der Waals surface area contributed by atoms with Crippen LogP contribution < -0.4 is 0 Å². The first-order valence-electron chi connectivity index (χ1n) is 6.81. The van der Waals surface area contributed by atoms with Crippen molar-refractivity contribution in [1.29, 1.82) is 0 Å². The van der Waals surface area contributed by atoms with E-state index in [1.807, 2.05) is 0 Å². The predicted molar refractivity (Wildman–Crippen MR) is 71.1 cm³/mol. The van der Waals surface area contributed by atoms with Crippen LogP contribution in [0.4, 0.5) is 0 Å². The molecule has 0 saturated carbocycles. The minimum Gasteiger partial charge on any atom is -0.0654 e. The standard InChI is InChI=1S/C15H32/c1-8-9-14(6)15(7,10-12(2)3)11-13(4)5/h12-14H,8-11H2,1-7H3. The zero-order valence-electron chi connectivity index (χ0n) is 12.1. The topological polar surface area (TPSA) is 0 Å². The summed E-state index contributed by atoms with van der Waals surface area (Å²) in [5.41, 5.74) is 0.554. The van der Waals surface area contributed by atoms with E-state index < -0.39 is 0 Å². The van der Waals surface area contributed by atoms with Crippen LogP contribution >= 0.6 is 0 Å². The van der Waals surface area contributed by atoms with Gasteiger partial charge in [0, 0.05) is 0 Å². The van der Waals surface area contributed by atoms with Crippen LogP contribution in [0, 0.1) is 23.2 Å². The van der Waals surface area contributed by atoms with Crippen molar-refractivity contribution in [3.63, 3.8) is 0 Å². The molecular weight excluding hydrogens is 180 g/mol. The molecule has 0 aliphatic rings. The van der Waals surface area contributed by atoms with Gasteiger partial charge in [-0.25, -0.2) is 0 Å². The van der Waals surface area contributed by atoms with Crippen molar-refractivity contribution in [2.24, 2.45) is 23.2 Å². The molecule has 0 aliphatic heterocycles. The van der Waals surface area contributed by atoms with Gasteiger partial charge in [-0.1, -0.05) is 61.3 Å². The van der Waals surface area contributed by atoms with E-state index in [4.69, 9.17) is 0 Å². The quantitative estimate of drug-likeness (QED) is 0.521. The summed E-state index contributed by atoms with van der Waals surface area (Å²) >= 11 is 0. The largest absolute Gasteiger partial charge is 0.0654 e. The second-order valence-corrected chi connectivity index (χ2v) is 6.54. The van der Waals surface area contributed by atoms with E-state index in [0.29, 0.717) is 5.41 Å². The second kappa shape index (κ2) is 6.55. The third-order valence-corrected chi connectivity index (χ3v) is 3.66. The van der Waals surface area contributed by atoms with E-state index in [1.54, 1.807) is 0 Å². The smallest absolute Gasteiger partial charge is 0.0295 e. The first-order valence-corrected chi connectivity index (χ1v) is 6.81. The maximum Gasteiger partial charge on any atom is -0.0295 e. The highest BCUT2D eigenvalue weighted by atomic mass is 14.4. The van der Waals surface area contributed by atoms with Crippen LogP contribution in [-0.2, 0) is 0 Å². The lowest BCUT2D eigenvalue weighted by Crippen LogP contribution is -2.29. The molecule has 0 saturated heterocycles. The SMILES string of the molecule is CCCC(C)C(C)(CC(C)C)CC(C)C. The normalized spacial score (nSPS) is 15.0. The molecule has 0 aliphatic carbocycles. The van der Waals surface area contributed by atoms with Crippen LogP contribution in [0.3, 0.4) is 0 Å². The average molecular weight is 212 g/mol. The molecule has 0 nitrogen and oxygen atoms in total. The molecule has 0 aromatic rings. The summed E-state index contributed by atoms with van der Waals surface area (Å²) in [6, 6.07) is 0. The Kier molecular flexibility index (Phi) is 6.55. The summed E-state index contributed by atoms with van der Waals surface area (Å²) in [5, 5.41) is 0. The van der Waals surface area contributed by atoms with Gasteiger partial charge in [-0.3, -0.25) is 0 Å². The molecule has 0 fully saturated rings. The Morgan fingerprint density at radius 1 is 0.867 bits per heavy atom. The lowest BCUT2D eigenvalue weighted by Gasteiger charge is -2.39. The van der Waals surface area contributed by atoms with Crippen molar-refractivity contribution >= 4 is 0 Å². The molecule has 0 aromatic carbocycles. The molecule has 0 spiro atoms. The van der Waals surface area contributed by atoms with E-state index in [0.717, 1.165) is 17.8 Å². The number of hydrogen-bond donors (Lipinski definition) is 0. The summed E-state index contributed by atoms with van der Waals surface area (Å²) in [5.74, 6) is 2.52. The van der Waals surface area contributed by atoms with Gasteiger partial charge in [-0.2, -0.15) is 0 Å². The third kappa shape index (κ3) is 5.58. The highest BCUT2D eigenvalue weighted by molar-refractivity contribution is 4.82. The lowest BCUT2D eigenvalue weighted by atomic mass is 9.67. The number of hydrogen-bond acceptors (Lipinski definition) is 0. The summed E-state index contributed by atoms with van der Waals surface area (Å²) in [7, 11) is 0. The molecule has 1 unspecified atom stereocenters. The maximum absolute atomic E-state index is 2.51. The molecule has 0 bridgehead atoms. The van der Waals surface area contributed by atoms with Gasteiger partial charge in [0.1, 0.15) is 0 Å². The van der Waals surface area contributed by atoms with Gasteiger partial charge in [0.05, 0.1) is 0 Å². The Morgan fingerprint density at radius 2 is 1.27 bits per heavy atom. The lowest BCUT2D eigenvalue weighted by molar-refractivity contribution is 0.116. The molecule has 1 atom stereocenters. The van der Waals surface area contributed by atoms with Crippen molar-refractivity contribution in [3.05, 3.63) is 0 Å². The van der Waals surface area contributed by atoms with Crippen LogP contribution in [0.25, 0.3) is 0 Å². The highest BCUT2D eigenvalue weighted by Crippen LogP contribution is 2.42. The zero-order valence-corrected chi connectivity index (χ0v) is 12.1. The van der Waals surface area contributed by atoms with Crippen molar-refractivity contribution in [1.82, 2.24) is 0 Å². The summed E-state index contributed by atoms with van der Waals surface area (Å²) in [4.78, 5) is 0. The fourth-order valence-electron chi connectivity index (χ4n) is 3.13. The van der Waals surface area contributed by atoms with Crippen molar-refractivity contribution in [2.45, 2.75) is 74.1 Å². The molecule has 15 heavy (non-hydrogen) atoms. The van der Waals surface area contributed by atoms with Gasteiger partial charge >= 0.3 is 0 Å². The van der Waals surface area contributed by atoms with E-state index in [1.165, 1.54) is 25.7 Å². The van der Waals surface area contributed by atoms with Gasteiger partial charge in [0.25, 0.3) is 0 Å². The average Bonchev–Trinajstić information content (AvgIpc) is 2.01. The molecule has 0 heterocycles. The Labute approximate surface area is 97.8 Å². The van der Waals surface area contributed by atoms with Crippen LogP contribution in [0.5, 0.6) is 0 Å². The van der Waals surface area contributed by atoms with Crippen LogP contribution in [0.2, 0.25) is 0 Å². The fourth-order valence-corrected chi connectivity index (χ4v) is 3.13. The Morgan fingerprint density at radius 3 is 1.53 bits per heavy atom.